The van der Waals surface area contributed by atoms with Crippen LogP contribution < -0.4 is 5.32 Å². The molecule has 29 heavy (non-hydrogen) atoms. The molecule has 0 saturated heterocycles. The molecule has 0 bridgehead atoms. The van der Waals surface area contributed by atoms with E-state index >= 15 is 0 Å². The Morgan fingerprint density at radius 2 is 1.97 bits per heavy atom. The molecule has 0 radical (unpaired) electrons. The van der Waals surface area contributed by atoms with Gasteiger partial charge in [-0.25, -0.2) is 9.78 Å². The number of rotatable bonds is 7. The second-order valence-corrected chi connectivity index (χ2v) is 8.99. The highest BCUT2D eigenvalue weighted by Gasteiger charge is 2.22. The number of thioether (sulfide) groups is 1. The van der Waals surface area contributed by atoms with Crippen molar-refractivity contribution in [2.24, 2.45) is 0 Å². The van der Waals surface area contributed by atoms with Crippen LogP contribution in [0, 0.1) is 20.8 Å². The van der Waals surface area contributed by atoms with Crippen molar-refractivity contribution in [2.45, 2.75) is 39.1 Å². The first-order chi connectivity index (χ1) is 13.9. The lowest BCUT2D eigenvalue weighted by Crippen LogP contribution is -2.15. The number of nitrogens with zero attached hydrogens (tertiary/aromatic N) is 1. The van der Waals surface area contributed by atoms with Crippen molar-refractivity contribution in [2.75, 3.05) is 17.7 Å². The third kappa shape index (κ3) is 4.97. The molecule has 0 aliphatic heterocycles. The SMILES string of the molecule is CCOC(=O)c1c(NC(=O)CCSc2cc(C)c3ccccc3n2)sc(C)c1C. The van der Waals surface area contributed by atoms with Crippen molar-refractivity contribution < 1.29 is 14.3 Å². The number of aromatic nitrogens is 1. The summed E-state index contributed by atoms with van der Waals surface area (Å²) in [6.07, 6.45) is 0.330. The second kappa shape index (κ2) is 9.41. The molecule has 3 aromatic rings. The summed E-state index contributed by atoms with van der Waals surface area (Å²) >= 11 is 2.96. The molecular formula is C22H24N2O3S2. The predicted molar refractivity (Wildman–Crippen MR) is 120 cm³/mol. The molecule has 1 amide bonds. The number of benzene rings is 1. The van der Waals surface area contributed by atoms with Crippen molar-refractivity contribution in [3.63, 3.8) is 0 Å². The molecule has 2 heterocycles. The molecule has 0 aliphatic carbocycles. The fourth-order valence-corrected chi connectivity index (χ4v) is 4.98. The van der Waals surface area contributed by atoms with E-state index < -0.39 is 5.97 Å². The highest BCUT2D eigenvalue weighted by atomic mass is 32.2. The quantitative estimate of drug-likeness (QED) is 0.396. The lowest BCUT2D eigenvalue weighted by molar-refractivity contribution is -0.115. The smallest absolute Gasteiger partial charge is 0.341 e. The molecule has 1 aromatic carbocycles. The van der Waals surface area contributed by atoms with Crippen LogP contribution in [0.2, 0.25) is 0 Å². The summed E-state index contributed by atoms with van der Waals surface area (Å²) in [6, 6.07) is 10.1. The van der Waals surface area contributed by atoms with E-state index in [9.17, 15) is 9.59 Å². The Bertz CT molecular complexity index is 1060. The average Bonchev–Trinajstić information content (AvgIpc) is 2.95. The van der Waals surface area contributed by atoms with Gasteiger partial charge in [-0.1, -0.05) is 18.2 Å². The number of thiophene rings is 1. The zero-order valence-corrected chi connectivity index (χ0v) is 18.6. The van der Waals surface area contributed by atoms with Gasteiger partial charge in [0.2, 0.25) is 5.91 Å². The van der Waals surface area contributed by atoms with Gasteiger partial charge in [-0.3, -0.25) is 4.79 Å². The van der Waals surface area contributed by atoms with Gasteiger partial charge in [-0.15, -0.1) is 23.1 Å². The number of esters is 1. The maximum atomic E-state index is 12.4. The lowest BCUT2D eigenvalue weighted by atomic mass is 10.1. The molecule has 0 atom stereocenters. The van der Waals surface area contributed by atoms with E-state index in [-0.39, 0.29) is 5.91 Å². The molecule has 5 nitrogen and oxygen atoms in total. The number of hydrogen-bond acceptors (Lipinski definition) is 6. The first-order valence-electron chi connectivity index (χ1n) is 9.46. The highest BCUT2D eigenvalue weighted by Crippen LogP contribution is 2.33. The zero-order chi connectivity index (χ0) is 21.0. The van der Waals surface area contributed by atoms with E-state index in [1.165, 1.54) is 16.9 Å². The Morgan fingerprint density at radius 1 is 1.21 bits per heavy atom. The molecule has 0 saturated carbocycles. The van der Waals surface area contributed by atoms with Gasteiger partial charge in [0.05, 0.1) is 22.7 Å². The summed E-state index contributed by atoms with van der Waals surface area (Å²) in [4.78, 5) is 30.3. The van der Waals surface area contributed by atoms with E-state index in [0.29, 0.717) is 29.3 Å². The fraction of sp³-hybridized carbons (Fsp3) is 0.318. The molecular weight excluding hydrogens is 404 g/mol. The van der Waals surface area contributed by atoms with Gasteiger partial charge >= 0.3 is 5.97 Å². The van der Waals surface area contributed by atoms with Crippen LogP contribution in [0.15, 0.2) is 35.4 Å². The largest absolute Gasteiger partial charge is 0.462 e. The summed E-state index contributed by atoms with van der Waals surface area (Å²) in [5.74, 6) is 0.0889. The van der Waals surface area contributed by atoms with Gasteiger partial charge in [-0.2, -0.15) is 0 Å². The normalized spacial score (nSPS) is 10.9. The third-order valence-electron chi connectivity index (χ3n) is 4.60. The van der Waals surface area contributed by atoms with Gasteiger partial charge < -0.3 is 10.1 Å². The standard InChI is InChI=1S/C22H24N2O3S2/c1-5-27-22(26)20-14(3)15(4)29-21(20)24-18(25)10-11-28-19-12-13(2)16-8-6-7-9-17(16)23-19/h6-9,12H,5,10-11H2,1-4H3,(H,24,25). The topological polar surface area (TPSA) is 68.3 Å². The van der Waals surface area contributed by atoms with Crippen molar-refractivity contribution in [1.82, 2.24) is 4.98 Å². The number of aryl methyl sites for hydroxylation is 2. The molecule has 1 N–H and O–H groups in total. The molecule has 152 valence electrons. The molecule has 7 heteroatoms. The van der Waals surface area contributed by atoms with Gasteiger partial charge in [0.15, 0.2) is 0 Å². The number of fused-ring (bicyclic) bond motifs is 1. The maximum absolute atomic E-state index is 12.4. The number of para-hydroxylation sites is 1. The number of pyridine rings is 1. The van der Waals surface area contributed by atoms with Crippen LogP contribution in [-0.2, 0) is 9.53 Å². The number of anilines is 1. The Labute approximate surface area is 178 Å². The minimum absolute atomic E-state index is 0.123. The predicted octanol–water partition coefficient (Wildman–Crippen LogP) is 5.52. The average molecular weight is 429 g/mol. The van der Waals surface area contributed by atoms with Crippen molar-refractivity contribution in [1.29, 1.82) is 0 Å². The number of carbonyl (C=O) groups excluding carboxylic acids is 2. The van der Waals surface area contributed by atoms with Crippen molar-refractivity contribution in [3.8, 4) is 0 Å². The van der Waals surface area contributed by atoms with Gasteiger partial charge in [0.25, 0.3) is 0 Å². The maximum Gasteiger partial charge on any atom is 0.341 e. The summed E-state index contributed by atoms with van der Waals surface area (Å²) in [5, 5.41) is 5.50. The zero-order valence-electron chi connectivity index (χ0n) is 17.0. The number of carbonyl (C=O) groups is 2. The number of amides is 1. The third-order valence-corrected chi connectivity index (χ3v) is 6.63. The van der Waals surface area contributed by atoms with Crippen LogP contribution in [0.1, 0.15) is 39.7 Å². The first kappa shape index (κ1) is 21.3. The highest BCUT2D eigenvalue weighted by molar-refractivity contribution is 7.99. The van der Waals surface area contributed by atoms with E-state index in [2.05, 4.69) is 29.4 Å². The summed E-state index contributed by atoms with van der Waals surface area (Å²) in [5.41, 5.74) is 3.45. The Morgan fingerprint density at radius 3 is 2.72 bits per heavy atom. The van der Waals surface area contributed by atoms with E-state index in [1.54, 1.807) is 18.7 Å². The molecule has 0 aliphatic rings. The number of nitrogens with one attached hydrogen (secondary N) is 1. The minimum atomic E-state index is -0.394. The van der Waals surface area contributed by atoms with Crippen LogP contribution in [0.5, 0.6) is 0 Å². The van der Waals surface area contributed by atoms with Crippen LogP contribution in [0.4, 0.5) is 5.00 Å². The number of ether oxygens (including phenoxy) is 1. The van der Waals surface area contributed by atoms with E-state index in [4.69, 9.17) is 4.74 Å². The van der Waals surface area contributed by atoms with Crippen molar-refractivity contribution in [3.05, 3.63) is 51.9 Å². The molecule has 3 rings (SSSR count). The van der Waals surface area contributed by atoms with Gasteiger partial charge in [0.1, 0.15) is 5.00 Å². The van der Waals surface area contributed by atoms with E-state index in [0.717, 1.165) is 26.4 Å². The van der Waals surface area contributed by atoms with Crippen LogP contribution in [-0.4, -0.2) is 29.2 Å². The Hall–Kier alpha value is -2.38. The van der Waals surface area contributed by atoms with Crippen LogP contribution in [0.25, 0.3) is 10.9 Å². The molecule has 0 unspecified atom stereocenters. The summed E-state index contributed by atoms with van der Waals surface area (Å²) < 4.78 is 5.13. The summed E-state index contributed by atoms with van der Waals surface area (Å²) in [7, 11) is 0. The van der Waals surface area contributed by atoms with Gasteiger partial charge in [0, 0.05) is 22.4 Å². The van der Waals surface area contributed by atoms with Crippen molar-refractivity contribution >= 4 is 50.9 Å². The molecule has 2 aromatic heterocycles. The Kier molecular flexibility index (Phi) is 6.92. The number of hydrogen-bond donors (Lipinski definition) is 1. The summed E-state index contributed by atoms with van der Waals surface area (Å²) in [6.45, 7) is 7.94. The fourth-order valence-electron chi connectivity index (χ4n) is 2.99. The Balaban J connectivity index is 1.62. The molecule has 0 fully saturated rings. The lowest BCUT2D eigenvalue weighted by Gasteiger charge is -2.08. The van der Waals surface area contributed by atoms with Gasteiger partial charge in [-0.05, 0) is 51.0 Å². The second-order valence-electron chi connectivity index (χ2n) is 6.65. The van der Waals surface area contributed by atoms with Crippen LogP contribution >= 0.6 is 23.1 Å². The minimum Gasteiger partial charge on any atom is -0.462 e. The monoisotopic (exact) mass is 428 g/mol. The van der Waals surface area contributed by atoms with Crippen LogP contribution in [0.3, 0.4) is 0 Å². The first-order valence-corrected chi connectivity index (χ1v) is 11.3. The van der Waals surface area contributed by atoms with E-state index in [1.807, 2.05) is 32.0 Å². The molecule has 0 spiro atoms.